The monoisotopic (exact) mass is 223 g/mol. The second-order valence-electron chi connectivity index (χ2n) is 2.69. The Kier molecular flexibility index (Phi) is 3.54. The summed E-state index contributed by atoms with van der Waals surface area (Å²) in [5, 5.41) is 8.40. The Morgan fingerprint density at radius 2 is 2.25 bits per heavy atom. The third-order valence-corrected chi connectivity index (χ3v) is 1.59. The van der Waals surface area contributed by atoms with Crippen LogP contribution in [0.1, 0.15) is 16.2 Å². The van der Waals surface area contributed by atoms with Crippen LogP contribution in [0.15, 0.2) is 12.3 Å². The molecule has 0 unspecified atom stereocenters. The van der Waals surface area contributed by atoms with Crippen molar-refractivity contribution in [2.45, 2.75) is 0 Å². The lowest BCUT2D eigenvalue weighted by Gasteiger charge is -2.02. The van der Waals surface area contributed by atoms with Gasteiger partial charge < -0.3 is 15.6 Å². The van der Waals surface area contributed by atoms with Crippen molar-refractivity contribution in [3.8, 4) is 0 Å². The molecule has 1 aromatic heterocycles. The molecule has 0 aliphatic rings. The summed E-state index contributed by atoms with van der Waals surface area (Å²) in [5.41, 5.74) is 5.47. The number of rotatable bonds is 3. The Labute approximate surface area is 90.6 Å². The number of aromatic nitrogens is 2. The molecule has 0 saturated heterocycles. The van der Waals surface area contributed by atoms with E-state index < -0.39 is 11.9 Å². The molecule has 1 rings (SSSR count). The molecule has 7 nitrogen and oxygen atoms in total. The van der Waals surface area contributed by atoms with Gasteiger partial charge in [0.2, 0.25) is 0 Å². The number of carboxylic acids is 1. The number of anilines is 1. The van der Waals surface area contributed by atoms with E-state index in [0.29, 0.717) is 0 Å². The molecule has 0 radical (unpaired) electrons. The van der Waals surface area contributed by atoms with E-state index in [1.165, 1.54) is 19.4 Å². The van der Waals surface area contributed by atoms with Crippen molar-refractivity contribution in [2.75, 3.05) is 12.8 Å². The Bertz CT molecular complexity index is 456. The number of hydrogen-bond donors (Lipinski definition) is 2. The van der Waals surface area contributed by atoms with E-state index in [0.717, 1.165) is 6.08 Å². The second kappa shape index (κ2) is 4.87. The quantitative estimate of drug-likeness (QED) is 0.544. The van der Waals surface area contributed by atoms with Crippen LogP contribution >= 0.6 is 0 Å². The minimum absolute atomic E-state index is 0.0701. The van der Waals surface area contributed by atoms with E-state index in [-0.39, 0.29) is 17.2 Å². The number of carboxylic acid groups (broad SMARTS) is 1. The number of methoxy groups -OCH3 is 1. The summed E-state index contributed by atoms with van der Waals surface area (Å²) in [6.45, 7) is 0. The van der Waals surface area contributed by atoms with Crippen molar-refractivity contribution >= 4 is 23.8 Å². The molecular formula is C9H9N3O4. The van der Waals surface area contributed by atoms with Gasteiger partial charge in [-0.1, -0.05) is 0 Å². The highest BCUT2D eigenvalue weighted by atomic mass is 16.5. The number of hydrogen-bond acceptors (Lipinski definition) is 6. The molecule has 84 valence electrons. The van der Waals surface area contributed by atoms with E-state index in [2.05, 4.69) is 14.7 Å². The molecule has 0 spiro atoms. The normalized spacial score (nSPS) is 10.3. The molecular weight excluding hydrogens is 214 g/mol. The maximum Gasteiger partial charge on any atom is 0.360 e. The van der Waals surface area contributed by atoms with Crippen LogP contribution in [0.3, 0.4) is 0 Å². The Hall–Kier alpha value is -2.44. The molecule has 0 saturated carbocycles. The van der Waals surface area contributed by atoms with Crippen molar-refractivity contribution in [1.29, 1.82) is 0 Å². The van der Waals surface area contributed by atoms with E-state index in [1.807, 2.05) is 0 Å². The van der Waals surface area contributed by atoms with Gasteiger partial charge in [0.05, 0.1) is 19.0 Å². The summed E-state index contributed by atoms with van der Waals surface area (Å²) in [5.74, 6) is -1.92. The summed E-state index contributed by atoms with van der Waals surface area (Å²) >= 11 is 0. The summed E-state index contributed by atoms with van der Waals surface area (Å²) in [6, 6.07) is 0. The zero-order chi connectivity index (χ0) is 12.1. The van der Waals surface area contributed by atoms with E-state index >= 15 is 0 Å². The number of nitrogens with two attached hydrogens (primary N) is 1. The molecule has 0 aromatic carbocycles. The molecule has 16 heavy (non-hydrogen) atoms. The standard InChI is InChI=1S/C9H9N3O4/c1-16-9(15)7-8(10)11-4-5(12-7)2-3-6(13)14/h2-4H,1H3,(H2,10,11)(H,13,14). The number of nitrogens with zero attached hydrogens (tertiary/aromatic N) is 2. The number of carbonyl (C=O) groups is 2. The van der Waals surface area contributed by atoms with Gasteiger partial charge in [-0.05, 0) is 6.08 Å². The summed E-state index contributed by atoms with van der Waals surface area (Å²) in [6.07, 6.45) is 3.32. The van der Waals surface area contributed by atoms with Crippen LogP contribution in [0.2, 0.25) is 0 Å². The summed E-state index contributed by atoms with van der Waals surface area (Å²) in [4.78, 5) is 28.9. The SMILES string of the molecule is COC(=O)c1nc(C=CC(=O)O)cnc1N. The molecule has 7 heteroatoms. The van der Waals surface area contributed by atoms with E-state index in [1.54, 1.807) is 0 Å². The zero-order valence-electron chi connectivity index (χ0n) is 8.38. The topological polar surface area (TPSA) is 115 Å². The summed E-state index contributed by atoms with van der Waals surface area (Å²) < 4.78 is 4.44. The first-order chi connectivity index (χ1) is 7.54. The largest absolute Gasteiger partial charge is 0.478 e. The van der Waals surface area contributed by atoms with Gasteiger partial charge in [0.1, 0.15) is 0 Å². The maximum absolute atomic E-state index is 11.2. The third-order valence-electron chi connectivity index (χ3n) is 1.59. The van der Waals surface area contributed by atoms with Crippen LogP contribution in [0.5, 0.6) is 0 Å². The highest BCUT2D eigenvalue weighted by molar-refractivity contribution is 5.92. The lowest BCUT2D eigenvalue weighted by atomic mass is 10.3. The van der Waals surface area contributed by atoms with Gasteiger partial charge >= 0.3 is 11.9 Å². The average Bonchev–Trinajstić information content (AvgIpc) is 2.27. The van der Waals surface area contributed by atoms with Gasteiger partial charge in [0.25, 0.3) is 0 Å². The van der Waals surface area contributed by atoms with Gasteiger partial charge in [0, 0.05) is 6.08 Å². The molecule has 0 atom stereocenters. The molecule has 0 bridgehead atoms. The van der Waals surface area contributed by atoms with Crippen LogP contribution < -0.4 is 5.73 Å². The molecule has 0 amide bonds. The summed E-state index contributed by atoms with van der Waals surface area (Å²) in [7, 11) is 1.18. The molecule has 0 aliphatic carbocycles. The maximum atomic E-state index is 11.2. The smallest absolute Gasteiger partial charge is 0.360 e. The highest BCUT2D eigenvalue weighted by Crippen LogP contribution is 2.08. The fourth-order valence-corrected chi connectivity index (χ4v) is 0.896. The van der Waals surface area contributed by atoms with Gasteiger partial charge in [-0.3, -0.25) is 0 Å². The van der Waals surface area contributed by atoms with E-state index in [4.69, 9.17) is 10.8 Å². The Morgan fingerprint density at radius 1 is 1.56 bits per heavy atom. The number of ether oxygens (including phenoxy) is 1. The van der Waals surface area contributed by atoms with Gasteiger partial charge in [-0.2, -0.15) is 0 Å². The van der Waals surface area contributed by atoms with Crippen LogP contribution in [0, 0.1) is 0 Å². The van der Waals surface area contributed by atoms with Crippen LogP contribution in [-0.2, 0) is 9.53 Å². The fraction of sp³-hybridized carbons (Fsp3) is 0.111. The molecule has 0 aliphatic heterocycles. The predicted octanol–water partition coefficient (Wildman–Crippen LogP) is -0.0568. The minimum atomic E-state index is -1.13. The lowest BCUT2D eigenvalue weighted by Crippen LogP contribution is -2.10. The first kappa shape index (κ1) is 11.6. The Balaban J connectivity index is 3.07. The fourth-order valence-electron chi connectivity index (χ4n) is 0.896. The second-order valence-corrected chi connectivity index (χ2v) is 2.69. The Morgan fingerprint density at radius 3 is 2.81 bits per heavy atom. The number of carbonyl (C=O) groups excluding carboxylic acids is 1. The number of esters is 1. The van der Waals surface area contributed by atoms with Crippen LogP contribution in [0.4, 0.5) is 5.82 Å². The molecule has 3 N–H and O–H groups in total. The average molecular weight is 223 g/mol. The van der Waals surface area contributed by atoms with Crippen molar-refractivity contribution < 1.29 is 19.4 Å². The highest BCUT2D eigenvalue weighted by Gasteiger charge is 2.13. The molecule has 1 aromatic rings. The van der Waals surface area contributed by atoms with Crippen molar-refractivity contribution in [1.82, 2.24) is 9.97 Å². The van der Waals surface area contributed by atoms with E-state index in [9.17, 15) is 9.59 Å². The third kappa shape index (κ3) is 2.77. The van der Waals surface area contributed by atoms with Gasteiger partial charge in [-0.25, -0.2) is 19.6 Å². The number of aliphatic carboxylic acids is 1. The van der Waals surface area contributed by atoms with Crippen molar-refractivity contribution in [2.24, 2.45) is 0 Å². The minimum Gasteiger partial charge on any atom is -0.478 e. The molecule has 0 fully saturated rings. The zero-order valence-corrected chi connectivity index (χ0v) is 8.38. The van der Waals surface area contributed by atoms with Crippen molar-refractivity contribution in [3.05, 3.63) is 23.7 Å². The van der Waals surface area contributed by atoms with Crippen LogP contribution in [0.25, 0.3) is 6.08 Å². The first-order valence-corrected chi connectivity index (χ1v) is 4.16. The molecule has 1 heterocycles. The number of nitrogen functional groups attached to an aromatic ring is 1. The van der Waals surface area contributed by atoms with Gasteiger partial charge in [-0.15, -0.1) is 0 Å². The van der Waals surface area contributed by atoms with Gasteiger partial charge in [0.15, 0.2) is 11.5 Å². The first-order valence-electron chi connectivity index (χ1n) is 4.16. The lowest BCUT2D eigenvalue weighted by molar-refractivity contribution is -0.131. The predicted molar refractivity (Wildman–Crippen MR) is 54.5 cm³/mol. The van der Waals surface area contributed by atoms with Crippen LogP contribution in [-0.4, -0.2) is 34.1 Å². The van der Waals surface area contributed by atoms with Crippen molar-refractivity contribution in [3.63, 3.8) is 0 Å².